The van der Waals surface area contributed by atoms with E-state index in [2.05, 4.69) is 11.8 Å². The lowest BCUT2D eigenvalue weighted by Crippen LogP contribution is -2.26. The second kappa shape index (κ2) is 6.97. The summed E-state index contributed by atoms with van der Waals surface area (Å²) in [4.78, 5) is 14.7. The zero-order valence-corrected chi connectivity index (χ0v) is 14.6. The van der Waals surface area contributed by atoms with Gasteiger partial charge < -0.3 is 4.74 Å². The van der Waals surface area contributed by atoms with Crippen LogP contribution in [0.2, 0.25) is 0 Å². The summed E-state index contributed by atoms with van der Waals surface area (Å²) in [5.74, 6) is 6.57. The van der Waals surface area contributed by atoms with Crippen molar-refractivity contribution >= 4 is 11.6 Å². The van der Waals surface area contributed by atoms with Crippen LogP contribution in [0.15, 0.2) is 72.8 Å². The number of nitrogens with zero attached hydrogens (tertiary/aromatic N) is 1. The average molecular weight is 357 g/mol. The van der Waals surface area contributed by atoms with Crippen molar-refractivity contribution in [1.82, 2.24) is 0 Å². The second-order valence-electron chi connectivity index (χ2n) is 6.14. The van der Waals surface area contributed by atoms with Crippen LogP contribution >= 0.6 is 0 Å². The van der Waals surface area contributed by atoms with Gasteiger partial charge >= 0.3 is 0 Å². The molecule has 1 aliphatic heterocycles. The molecule has 0 unspecified atom stereocenters. The topological polar surface area (TPSA) is 29.5 Å². The Morgan fingerprint density at radius 2 is 1.67 bits per heavy atom. The molecule has 0 saturated carbocycles. The minimum Gasteiger partial charge on any atom is -0.497 e. The molecule has 4 rings (SSSR count). The van der Waals surface area contributed by atoms with Gasteiger partial charge in [0.25, 0.3) is 5.91 Å². The molecule has 0 aromatic heterocycles. The molecule has 0 N–H and O–H groups in total. The standard InChI is InChI=1S/C23H16FNO2/c1-27-19-13-11-18(12-14-19)25-22(15-8-16-6-9-17(24)10-7-16)20-4-2-3-5-21(20)23(25)26/h2-7,9-14,22H,1H3/t22-/m0/s1. The van der Waals surface area contributed by atoms with Gasteiger partial charge in [0.15, 0.2) is 0 Å². The van der Waals surface area contributed by atoms with E-state index in [4.69, 9.17) is 4.74 Å². The molecular formula is C23H16FNO2. The minimum absolute atomic E-state index is 0.0887. The third-order valence-electron chi connectivity index (χ3n) is 4.51. The minimum atomic E-state index is -0.410. The zero-order valence-electron chi connectivity index (χ0n) is 14.6. The number of amides is 1. The molecule has 4 heteroatoms. The normalized spacial score (nSPS) is 15.1. The Labute approximate surface area is 157 Å². The molecular weight excluding hydrogens is 341 g/mol. The fourth-order valence-electron chi connectivity index (χ4n) is 3.15. The highest BCUT2D eigenvalue weighted by molar-refractivity contribution is 6.11. The highest BCUT2D eigenvalue weighted by Crippen LogP contribution is 2.37. The number of carbonyl (C=O) groups excluding carboxylic acids is 1. The van der Waals surface area contributed by atoms with Gasteiger partial charge in [-0.1, -0.05) is 30.0 Å². The van der Waals surface area contributed by atoms with E-state index >= 15 is 0 Å². The molecule has 3 nitrogen and oxygen atoms in total. The first kappa shape index (κ1) is 16.9. The van der Waals surface area contributed by atoms with Gasteiger partial charge in [-0.05, 0) is 60.2 Å². The average Bonchev–Trinajstić information content (AvgIpc) is 3.00. The molecule has 0 aliphatic carbocycles. The van der Waals surface area contributed by atoms with E-state index in [1.165, 1.54) is 12.1 Å². The molecule has 1 aliphatic rings. The van der Waals surface area contributed by atoms with Crippen LogP contribution in [0, 0.1) is 17.7 Å². The smallest absolute Gasteiger partial charge is 0.260 e. The number of rotatable bonds is 2. The van der Waals surface area contributed by atoms with E-state index in [1.807, 2.05) is 48.5 Å². The fourth-order valence-corrected chi connectivity index (χ4v) is 3.15. The lowest BCUT2D eigenvalue weighted by atomic mass is 10.0. The van der Waals surface area contributed by atoms with E-state index in [0.29, 0.717) is 11.1 Å². The molecule has 27 heavy (non-hydrogen) atoms. The second-order valence-corrected chi connectivity index (χ2v) is 6.14. The van der Waals surface area contributed by atoms with E-state index in [-0.39, 0.29) is 11.7 Å². The van der Waals surface area contributed by atoms with Crippen molar-refractivity contribution in [2.24, 2.45) is 0 Å². The van der Waals surface area contributed by atoms with Crippen molar-refractivity contribution in [2.45, 2.75) is 6.04 Å². The number of halogens is 1. The largest absolute Gasteiger partial charge is 0.497 e. The number of hydrogen-bond donors (Lipinski definition) is 0. The Balaban J connectivity index is 1.77. The summed E-state index contributed by atoms with van der Waals surface area (Å²) < 4.78 is 18.3. The number of methoxy groups -OCH3 is 1. The fraction of sp³-hybridized carbons (Fsp3) is 0.0870. The van der Waals surface area contributed by atoms with Crippen molar-refractivity contribution < 1.29 is 13.9 Å². The summed E-state index contributed by atoms with van der Waals surface area (Å²) in [6.07, 6.45) is 0. The first-order valence-corrected chi connectivity index (χ1v) is 8.51. The third-order valence-corrected chi connectivity index (χ3v) is 4.51. The number of anilines is 1. The number of fused-ring (bicyclic) bond motifs is 1. The van der Waals surface area contributed by atoms with Gasteiger partial charge in [-0.25, -0.2) is 4.39 Å². The van der Waals surface area contributed by atoms with Gasteiger partial charge in [0.1, 0.15) is 17.6 Å². The number of benzene rings is 3. The van der Waals surface area contributed by atoms with Crippen LogP contribution in [-0.2, 0) is 0 Å². The maximum absolute atomic E-state index is 13.1. The van der Waals surface area contributed by atoms with Gasteiger partial charge in [-0.2, -0.15) is 0 Å². The highest BCUT2D eigenvalue weighted by atomic mass is 19.1. The van der Waals surface area contributed by atoms with Gasteiger partial charge in [0.2, 0.25) is 0 Å². The molecule has 0 fully saturated rings. The maximum Gasteiger partial charge on any atom is 0.260 e. The van der Waals surface area contributed by atoms with Crippen molar-refractivity contribution in [2.75, 3.05) is 12.0 Å². The van der Waals surface area contributed by atoms with Crippen LogP contribution < -0.4 is 9.64 Å². The quantitative estimate of drug-likeness (QED) is 0.628. The zero-order chi connectivity index (χ0) is 18.8. The van der Waals surface area contributed by atoms with Crippen LogP contribution in [0.3, 0.4) is 0 Å². The molecule has 3 aromatic carbocycles. The maximum atomic E-state index is 13.1. The number of carbonyl (C=O) groups is 1. The summed E-state index contributed by atoms with van der Waals surface area (Å²) in [5, 5.41) is 0. The first-order valence-electron chi connectivity index (χ1n) is 8.51. The summed E-state index contributed by atoms with van der Waals surface area (Å²) in [6, 6.07) is 20.4. The van der Waals surface area contributed by atoms with Crippen LogP contribution in [0.5, 0.6) is 5.75 Å². The molecule has 132 valence electrons. The molecule has 0 radical (unpaired) electrons. The van der Waals surface area contributed by atoms with Gasteiger partial charge in [0.05, 0.1) is 7.11 Å². The van der Waals surface area contributed by atoms with Gasteiger partial charge in [0, 0.05) is 16.8 Å². The molecule has 1 atom stereocenters. The Morgan fingerprint density at radius 3 is 2.37 bits per heavy atom. The van der Waals surface area contributed by atoms with Crippen LogP contribution in [0.1, 0.15) is 27.5 Å². The monoisotopic (exact) mass is 357 g/mol. The van der Waals surface area contributed by atoms with Gasteiger partial charge in [-0.3, -0.25) is 9.69 Å². The predicted octanol–water partition coefficient (Wildman–Crippen LogP) is 4.59. The lowest BCUT2D eigenvalue weighted by Gasteiger charge is -2.21. The predicted molar refractivity (Wildman–Crippen MR) is 102 cm³/mol. The molecule has 0 spiro atoms. The van der Waals surface area contributed by atoms with Gasteiger partial charge in [-0.15, -0.1) is 0 Å². The SMILES string of the molecule is COc1ccc(N2C(=O)c3ccccc3[C@@H]2C#Cc2ccc(F)cc2)cc1. The molecule has 0 bridgehead atoms. The van der Waals surface area contributed by atoms with Crippen molar-refractivity contribution in [1.29, 1.82) is 0 Å². The van der Waals surface area contributed by atoms with E-state index in [9.17, 15) is 9.18 Å². The highest BCUT2D eigenvalue weighted by Gasteiger charge is 2.36. The molecule has 0 saturated heterocycles. The summed E-state index contributed by atoms with van der Waals surface area (Å²) >= 11 is 0. The van der Waals surface area contributed by atoms with Crippen molar-refractivity contribution in [3.63, 3.8) is 0 Å². The van der Waals surface area contributed by atoms with Crippen LogP contribution in [0.25, 0.3) is 0 Å². The summed E-state index contributed by atoms with van der Waals surface area (Å²) in [6.45, 7) is 0. The first-order chi connectivity index (χ1) is 13.2. The Hall–Kier alpha value is -3.58. The van der Waals surface area contributed by atoms with Crippen molar-refractivity contribution in [3.05, 3.63) is 95.3 Å². The van der Waals surface area contributed by atoms with E-state index < -0.39 is 6.04 Å². The lowest BCUT2D eigenvalue weighted by molar-refractivity contribution is 0.0994. The number of hydrogen-bond acceptors (Lipinski definition) is 2. The molecule has 1 amide bonds. The van der Waals surface area contributed by atoms with Crippen molar-refractivity contribution in [3.8, 4) is 17.6 Å². The molecule has 1 heterocycles. The summed E-state index contributed by atoms with van der Waals surface area (Å²) in [5.41, 5.74) is 2.96. The Kier molecular flexibility index (Phi) is 4.35. The van der Waals surface area contributed by atoms with Crippen LogP contribution in [0.4, 0.5) is 10.1 Å². The Bertz CT molecular complexity index is 1050. The van der Waals surface area contributed by atoms with Crippen LogP contribution in [-0.4, -0.2) is 13.0 Å². The third kappa shape index (κ3) is 3.16. The Morgan fingerprint density at radius 1 is 0.963 bits per heavy atom. The number of ether oxygens (including phenoxy) is 1. The molecule has 3 aromatic rings. The van der Waals surface area contributed by atoms with E-state index in [0.717, 1.165) is 17.0 Å². The summed E-state index contributed by atoms with van der Waals surface area (Å²) in [7, 11) is 1.60. The van der Waals surface area contributed by atoms with E-state index in [1.54, 1.807) is 24.1 Å².